The number of H-pyrrole nitrogens is 1. The SMILES string of the molecule is Cc1nc2c(o1)CC(CN1CC=C(c3c[nH]c4cc(F)ccc34)CC1)CC2=O. The van der Waals surface area contributed by atoms with Crippen molar-refractivity contribution in [3.05, 3.63) is 59.2 Å². The van der Waals surface area contributed by atoms with Crippen molar-refractivity contribution in [3.63, 3.8) is 0 Å². The van der Waals surface area contributed by atoms with E-state index in [0.29, 0.717) is 18.0 Å². The van der Waals surface area contributed by atoms with E-state index in [1.54, 1.807) is 6.92 Å². The van der Waals surface area contributed by atoms with Crippen molar-refractivity contribution in [3.8, 4) is 0 Å². The van der Waals surface area contributed by atoms with Crippen LogP contribution in [0.4, 0.5) is 4.39 Å². The fourth-order valence-corrected chi connectivity index (χ4v) is 4.50. The Bertz CT molecular complexity index is 1090. The second kappa shape index (κ2) is 6.71. The minimum absolute atomic E-state index is 0.0994. The molecule has 1 aliphatic carbocycles. The molecule has 0 spiro atoms. The van der Waals surface area contributed by atoms with Gasteiger partial charge in [0.2, 0.25) is 0 Å². The molecule has 2 aliphatic rings. The zero-order valence-corrected chi connectivity index (χ0v) is 15.8. The minimum Gasteiger partial charge on any atom is -0.445 e. The Morgan fingerprint density at radius 3 is 3.07 bits per heavy atom. The Morgan fingerprint density at radius 2 is 2.25 bits per heavy atom. The van der Waals surface area contributed by atoms with Gasteiger partial charge in [0.15, 0.2) is 11.7 Å². The summed E-state index contributed by atoms with van der Waals surface area (Å²) in [5.74, 6) is 1.47. The van der Waals surface area contributed by atoms with Crippen LogP contribution in [0.1, 0.15) is 40.5 Å². The summed E-state index contributed by atoms with van der Waals surface area (Å²) in [6, 6.07) is 4.89. The van der Waals surface area contributed by atoms with E-state index in [0.717, 1.165) is 54.7 Å². The van der Waals surface area contributed by atoms with Gasteiger partial charge in [-0.3, -0.25) is 9.69 Å². The molecule has 3 heterocycles. The fraction of sp³-hybridized carbons (Fsp3) is 0.364. The van der Waals surface area contributed by atoms with Gasteiger partial charge in [0.05, 0.1) is 0 Å². The predicted molar refractivity (Wildman–Crippen MR) is 105 cm³/mol. The van der Waals surface area contributed by atoms with Crippen molar-refractivity contribution in [2.75, 3.05) is 19.6 Å². The third-order valence-electron chi connectivity index (χ3n) is 5.82. The third kappa shape index (κ3) is 3.07. The Labute approximate surface area is 162 Å². The van der Waals surface area contributed by atoms with E-state index in [1.165, 1.54) is 17.7 Å². The van der Waals surface area contributed by atoms with Crippen LogP contribution in [-0.4, -0.2) is 40.3 Å². The number of oxazole rings is 1. The first-order valence-corrected chi connectivity index (χ1v) is 9.74. The molecule has 0 saturated carbocycles. The molecule has 6 heteroatoms. The van der Waals surface area contributed by atoms with Crippen molar-refractivity contribution in [1.29, 1.82) is 0 Å². The lowest BCUT2D eigenvalue weighted by Gasteiger charge is -2.30. The van der Waals surface area contributed by atoms with E-state index < -0.39 is 0 Å². The molecule has 144 valence electrons. The number of rotatable bonds is 3. The van der Waals surface area contributed by atoms with Crippen molar-refractivity contribution in [2.45, 2.75) is 26.2 Å². The van der Waals surface area contributed by atoms with Crippen LogP contribution in [-0.2, 0) is 6.42 Å². The topological polar surface area (TPSA) is 62.1 Å². The van der Waals surface area contributed by atoms with E-state index >= 15 is 0 Å². The first-order chi connectivity index (χ1) is 13.6. The number of carbonyl (C=O) groups is 1. The molecule has 0 radical (unpaired) electrons. The Balaban J connectivity index is 1.28. The molecule has 0 fully saturated rings. The van der Waals surface area contributed by atoms with Crippen LogP contribution < -0.4 is 0 Å². The Morgan fingerprint density at radius 1 is 1.36 bits per heavy atom. The van der Waals surface area contributed by atoms with Crippen LogP contribution in [0.25, 0.3) is 16.5 Å². The zero-order chi connectivity index (χ0) is 19.3. The molecule has 1 aromatic carbocycles. The number of aromatic nitrogens is 2. The van der Waals surface area contributed by atoms with Crippen molar-refractivity contribution in [1.82, 2.24) is 14.9 Å². The Kier molecular flexibility index (Phi) is 4.16. The number of ketones is 1. The molecular formula is C22H22FN3O2. The highest BCUT2D eigenvalue weighted by molar-refractivity contribution is 5.96. The largest absolute Gasteiger partial charge is 0.445 e. The average Bonchev–Trinajstić information content (AvgIpc) is 3.25. The number of nitrogens with one attached hydrogen (secondary N) is 1. The number of carbonyl (C=O) groups excluding carboxylic acids is 1. The van der Waals surface area contributed by atoms with Gasteiger partial charge in [0, 0.05) is 62.1 Å². The smallest absolute Gasteiger partial charge is 0.191 e. The number of hydrogen-bond acceptors (Lipinski definition) is 4. The van der Waals surface area contributed by atoms with Crippen molar-refractivity contribution in [2.24, 2.45) is 5.92 Å². The van der Waals surface area contributed by atoms with Gasteiger partial charge in [-0.2, -0.15) is 0 Å². The van der Waals surface area contributed by atoms with Crippen LogP contribution in [0.2, 0.25) is 0 Å². The number of hydrogen-bond donors (Lipinski definition) is 1. The predicted octanol–water partition coefficient (Wildman–Crippen LogP) is 4.14. The molecule has 1 atom stereocenters. The molecular weight excluding hydrogens is 357 g/mol. The molecule has 5 rings (SSSR count). The van der Waals surface area contributed by atoms with Crippen LogP contribution in [0.15, 0.2) is 34.9 Å². The number of aryl methyl sites for hydroxylation is 1. The summed E-state index contributed by atoms with van der Waals surface area (Å²) in [6.07, 6.45) is 6.49. The highest BCUT2D eigenvalue weighted by Gasteiger charge is 2.31. The number of halogens is 1. The first-order valence-electron chi connectivity index (χ1n) is 9.74. The maximum Gasteiger partial charge on any atom is 0.191 e. The van der Waals surface area contributed by atoms with Gasteiger partial charge < -0.3 is 9.40 Å². The van der Waals surface area contributed by atoms with Crippen LogP contribution in [0.3, 0.4) is 0 Å². The average molecular weight is 379 g/mol. The summed E-state index contributed by atoms with van der Waals surface area (Å²) < 4.78 is 19.0. The van der Waals surface area contributed by atoms with Gasteiger partial charge in [-0.1, -0.05) is 6.08 Å². The summed E-state index contributed by atoms with van der Waals surface area (Å²) in [5, 5.41) is 1.06. The normalized spacial score (nSPS) is 20.4. The second-order valence-electron chi connectivity index (χ2n) is 7.83. The van der Waals surface area contributed by atoms with Crippen LogP contribution >= 0.6 is 0 Å². The lowest BCUT2D eigenvalue weighted by atomic mass is 9.88. The third-order valence-corrected chi connectivity index (χ3v) is 5.82. The minimum atomic E-state index is -0.225. The molecule has 1 unspecified atom stereocenters. The molecule has 1 N–H and O–H groups in total. The number of fused-ring (bicyclic) bond motifs is 2. The van der Waals surface area contributed by atoms with E-state index in [4.69, 9.17) is 4.42 Å². The van der Waals surface area contributed by atoms with E-state index in [9.17, 15) is 9.18 Å². The van der Waals surface area contributed by atoms with Gasteiger partial charge in [0.1, 0.15) is 17.3 Å². The van der Waals surface area contributed by atoms with Crippen LogP contribution in [0.5, 0.6) is 0 Å². The monoisotopic (exact) mass is 379 g/mol. The summed E-state index contributed by atoms with van der Waals surface area (Å²) in [5.41, 5.74) is 3.81. The standard InChI is InChI=1S/C22H22FN3O2/c1-13-25-22-20(27)8-14(9-21(22)28-13)12-26-6-4-15(5-7-26)18-11-24-19-10-16(23)2-3-17(18)19/h2-4,10-11,14,24H,5-9,12H2,1H3. The van der Waals surface area contributed by atoms with Gasteiger partial charge in [-0.25, -0.2) is 9.37 Å². The molecule has 5 nitrogen and oxygen atoms in total. The Hall–Kier alpha value is -2.73. The summed E-state index contributed by atoms with van der Waals surface area (Å²) in [6.45, 7) is 4.48. The van der Waals surface area contributed by atoms with Gasteiger partial charge in [-0.15, -0.1) is 0 Å². The number of nitrogens with zero attached hydrogens (tertiary/aromatic N) is 2. The molecule has 3 aromatic rings. The van der Waals surface area contributed by atoms with E-state index in [2.05, 4.69) is 20.9 Å². The fourth-order valence-electron chi connectivity index (χ4n) is 4.50. The summed E-state index contributed by atoms with van der Waals surface area (Å²) in [7, 11) is 0. The number of benzene rings is 1. The highest BCUT2D eigenvalue weighted by atomic mass is 19.1. The molecule has 1 aliphatic heterocycles. The molecule has 2 aromatic heterocycles. The van der Waals surface area contributed by atoms with E-state index in [1.807, 2.05) is 12.3 Å². The van der Waals surface area contributed by atoms with Gasteiger partial charge >= 0.3 is 0 Å². The second-order valence-corrected chi connectivity index (χ2v) is 7.83. The lowest BCUT2D eigenvalue weighted by Crippen LogP contribution is -2.36. The molecule has 0 bridgehead atoms. The molecule has 28 heavy (non-hydrogen) atoms. The van der Waals surface area contributed by atoms with Gasteiger partial charge in [0.25, 0.3) is 0 Å². The summed E-state index contributed by atoms with van der Waals surface area (Å²) in [4.78, 5) is 22.1. The number of aromatic amines is 1. The lowest BCUT2D eigenvalue weighted by molar-refractivity contribution is 0.0922. The maximum absolute atomic E-state index is 13.4. The first kappa shape index (κ1) is 17.4. The molecule has 0 amide bonds. The van der Waals surface area contributed by atoms with Crippen LogP contribution in [0, 0.1) is 18.7 Å². The molecule has 0 saturated heterocycles. The van der Waals surface area contributed by atoms with Crippen molar-refractivity contribution < 1.29 is 13.6 Å². The van der Waals surface area contributed by atoms with Crippen molar-refractivity contribution >= 4 is 22.3 Å². The van der Waals surface area contributed by atoms with E-state index in [-0.39, 0.29) is 17.5 Å². The van der Waals surface area contributed by atoms with Gasteiger partial charge in [-0.05, 0) is 36.1 Å². The quantitative estimate of drug-likeness (QED) is 0.743. The highest BCUT2D eigenvalue weighted by Crippen LogP contribution is 2.31. The number of Topliss-reactive ketones (excluding diaryl/α,β-unsaturated/α-hetero) is 1. The zero-order valence-electron chi connectivity index (χ0n) is 15.8. The maximum atomic E-state index is 13.4. The summed E-state index contributed by atoms with van der Waals surface area (Å²) >= 11 is 0.